The number of ether oxygens (including phenoxy) is 1. The van der Waals surface area contributed by atoms with Crippen molar-refractivity contribution in [3.8, 4) is 0 Å². The molecule has 1 aliphatic rings. The van der Waals surface area contributed by atoms with Crippen LogP contribution in [0.3, 0.4) is 0 Å². The lowest BCUT2D eigenvalue weighted by atomic mass is 10.2. The van der Waals surface area contributed by atoms with Gasteiger partial charge in [-0.15, -0.1) is 0 Å². The van der Waals surface area contributed by atoms with E-state index in [2.05, 4.69) is 10.2 Å². The minimum Gasteiger partial charge on any atom is -0.378 e. The van der Waals surface area contributed by atoms with Crippen molar-refractivity contribution in [1.82, 2.24) is 0 Å². The van der Waals surface area contributed by atoms with Crippen LogP contribution >= 0.6 is 23.2 Å². The largest absolute Gasteiger partial charge is 0.378 e. The monoisotopic (exact) mass is 428 g/mol. The number of nitrogens with one attached hydrogen (secondary N) is 1. The number of benzene rings is 2. The van der Waals surface area contributed by atoms with Gasteiger partial charge >= 0.3 is 0 Å². The van der Waals surface area contributed by atoms with Crippen molar-refractivity contribution < 1.29 is 17.9 Å². The van der Waals surface area contributed by atoms with Crippen LogP contribution in [-0.2, 0) is 14.6 Å². The Labute approximate surface area is 167 Å². The predicted octanol–water partition coefficient (Wildman–Crippen LogP) is 3.49. The van der Waals surface area contributed by atoms with Gasteiger partial charge in [0, 0.05) is 24.4 Å². The highest BCUT2D eigenvalue weighted by Gasteiger charge is 2.19. The summed E-state index contributed by atoms with van der Waals surface area (Å²) in [5.74, 6) is -0.512. The fourth-order valence-corrected chi connectivity index (χ4v) is 3.81. The summed E-state index contributed by atoms with van der Waals surface area (Å²) in [6.07, 6.45) is 1.07. The molecular weight excluding hydrogens is 411 g/mol. The zero-order valence-corrected chi connectivity index (χ0v) is 16.9. The highest BCUT2D eigenvalue weighted by Crippen LogP contribution is 2.31. The lowest BCUT2D eigenvalue weighted by Crippen LogP contribution is -2.36. The molecule has 0 aliphatic carbocycles. The molecule has 9 heteroatoms. The second-order valence-electron chi connectivity index (χ2n) is 6.13. The summed E-state index contributed by atoms with van der Waals surface area (Å²) < 4.78 is 28.9. The molecule has 0 radical (unpaired) electrons. The van der Waals surface area contributed by atoms with E-state index in [0.29, 0.717) is 37.0 Å². The Kier molecular flexibility index (Phi) is 5.95. The molecule has 1 heterocycles. The van der Waals surface area contributed by atoms with E-state index in [1.807, 2.05) is 6.07 Å². The minimum atomic E-state index is -3.46. The zero-order valence-electron chi connectivity index (χ0n) is 14.5. The highest BCUT2D eigenvalue weighted by molar-refractivity contribution is 7.90. The molecule has 0 saturated carbocycles. The lowest BCUT2D eigenvalue weighted by molar-refractivity contribution is 0.102. The fourth-order valence-electron chi connectivity index (χ4n) is 2.79. The molecule has 1 fully saturated rings. The Morgan fingerprint density at radius 3 is 2.48 bits per heavy atom. The van der Waals surface area contributed by atoms with Gasteiger partial charge in [-0.25, -0.2) is 8.42 Å². The van der Waals surface area contributed by atoms with Gasteiger partial charge in [-0.2, -0.15) is 0 Å². The number of anilines is 2. The van der Waals surface area contributed by atoms with Crippen LogP contribution in [0.25, 0.3) is 0 Å². The van der Waals surface area contributed by atoms with Gasteiger partial charge in [0.05, 0.1) is 40.1 Å². The predicted molar refractivity (Wildman–Crippen MR) is 107 cm³/mol. The van der Waals surface area contributed by atoms with E-state index >= 15 is 0 Å². The van der Waals surface area contributed by atoms with E-state index in [1.165, 1.54) is 18.2 Å². The number of hydrogen-bond acceptors (Lipinski definition) is 5. The molecule has 0 aromatic heterocycles. The molecule has 1 N–H and O–H groups in total. The molecular formula is C18H18Cl2N2O4S. The topological polar surface area (TPSA) is 75.7 Å². The third kappa shape index (κ3) is 4.73. The van der Waals surface area contributed by atoms with Crippen molar-refractivity contribution in [2.24, 2.45) is 0 Å². The summed E-state index contributed by atoms with van der Waals surface area (Å²) in [6.45, 7) is 2.57. The number of rotatable bonds is 4. The average molecular weight is 429 g/mol. The van der Waals surface area contributed by atoms with E-state index in [4.69, 9.17) is 27.9 Å². The van der Waals surface area contributed by atoms with Gasteiger partial charge in [0.1, 0.15) is 0 Å². The Hall–Kier alpha value is -1.80. The minimum absolute atomic E-state index is 0.0246. The first-order valence-corrected chi connectivity index (χ1v) is 10.8. The number of sulfone groups is 1. The van der Waals surface area contributed by atoms with Gasteiger partial charge in [0.25, 0.3) is 5.91 Å². The zero-order chi connectivity index (χ0) is 19.6. The second-order valence-corrected chi connectivity index (χ2v) is 8.99. The number of carbonyl (C=O) groups is 1. The molecule has 144 valence electrons. The molecule has 2 aromatic carbocycles. The Morgan fingerprint density at radius 1 is 1.11 bits per heavy atom. The van der Waals surface area contributed by atoms with Gasteiger partial charge in [-0.05, 0) is 36.4 Å². The van der Waals surface area contributed by atoms with Crippen LogP contribution in [-0.4, -0.2) is 46.9 Å². The first-order valence-electron chi connectivity index (χ1n) is 8.19. The number of halogens is 2. The molecule has 0 atom stereocenters. The van der Waals surface area contributed by atoms with Crippen LogP contribution < -0.4 is 10.2 Å². The second kappa shape index (κ2) is 8.06. The van der Waals surface area contributed by atoms with Crippen molar-refractivity contribution in [2.45, 2.75) is 4.90 Å². The molecule has 0 bridgehead atoms. The molecule has 27 heavy (non-hydrogen) atoms. The first-order chi connectivity index (χ1) is 12.8. The van der Waals surface area contributed by atoms with E-state index in [1.54, 1.807) is 12.1 Å². The van der Waals surface area contributed by atoms with Crippen molar-refractivity contribution in [2.75, 3.05) is 42.8 Å². The van der Waals surface area contributed by atoms with Crippen LogP contribution in [0, 0.1) is 0 Å². The SMILES string of the molecule is CS(=O)(=O)c1ccc(Cl)c(C(=O)Nc2cc(Cl)ccc2N2CCOCC2)c1. The number of morpholine rings is 1. The quantitative estimate of drug-likeness (QED) is 0.806. The molecule has 0 spiro atoms. The summed E-state index contributed by atoms with van der Waals surface area (Å²) >= 11 is 12.2. The lowest BCUT2D eigenvalue weighted by Gasteiger charge is -2.30. The number of nitrogens with zero attached hydrogens (tertiary/aromatic N) is 1. The number of hydrogen-bond donors (Lipinski definition) is 1. The third-order valence-corrected chi connectivity index (χ3v) is 5.84. The fraction of sp³-hybridized carbons (Fsp3) is 0.278. The van der Waals surface area contributed by atoms with Gasteiger partial charge in [0.2, 0.25) is 0 Å². The Morgan fingerprint density at radius 2 is 1.81 bits per heavy atom. The summed E-state index contributed by atoms with van der Waals surface area (Å²) in [5.41, 5.74) is 1.41. The smallest absolute Gasteiger partial charge is 0.257 e. The normalized spacial score (nSPS) is 14.9. The maximum absolute atomic E-state index is 12.8. The van der Waals surface area contributed by atoms with Gasteiger partial charge in [-0.3, -0.25) is 4.79 Å². The van der Waals surface area contributed by atoms with Gasteiger partial charge in [0.15, 0.2) is 9.84 Å². The maximum Gasteiger partial charge on any atom is 0.257 e. The molecule has 1 saturated heterocycles. The summed E-state index contributed by atoms with van der Waals surface area (Å²) in [7, 11) is -3.46. The summed E-state index contributed by atoms with van der Waals surface area (Å²) in [4.78, 5) is 14.9. The maximum atomic E-state index is 12.8. The first kappa shape index (κ1) is 19.9. The highest BCUT2D eigenvalue weighted by atomic mass is 35.5. The molecule has 3 rings (SSSR count). The van der Waals surface area contributed by atoms with Crippen LogP contribution in [0.4, 0.5) is 11.4 Å². The Balaban J connectivity index is 1.93. The van der Waals surface area contributed by atoms with E-state index < -0.39 is 15.7 Å². The number of amides is 1. The standard InChI is InChI=1S/C18H18Cl2N2O4S/c1-27(24,25)13-3-4-15(20)14(11-13)18(23)21-16-10-12(19)2-5-17(16)22-6-8-26-9-7-22/h2-5,10-11H,6-9H2,1H3,(H,21,23). The van der Waals surface area contributed by atoms with Crippen LogP contribution in [0.1, 0.15) is 10.4 Å². The van der Waals surface area contributed by atoms with Crippen molar-refractivity contribution in [1.29, 1.82) is 0 Å². The van der Waals surface area contributed by atoms with Crippen molar-refractivity contribution >= 4 is 50.3 Å². The average Bonchev–Trinajstić information content (AvgIpc) is 2.62. The van der Waals surface area contributed by atoms with Gasteiger partial charge in [-0.1, -0.05) is 23.2 Å². The van der Waals surface area contributed by atoms with E-state index in [0.717, 1.165) is 11.9 Å². The molecule has 1 amide bonds. The van der Waals surface area contributed by atoms with Crippen LogP contribution in [0.5, 0.6) is 0 Å². The van der Waals surface area contributed by atoms with E-state index in [9.17, 15) is 13.2 Å². The summed E-state index contributed by atoms with van der Waals surface area (Å²) in [6, 6.07) is 9.27. The molecule has 1 aliphatic heterocycles. The van der Waals surface area contributed by atoms with Crippen LogP contribution in [0.15, 0.2) is 41.3 Å². The van der Waals surface area contributed by atoms with Crippen molar-refractivity contribution in [3.63, 3.8) is 0 Å². The number of carbonyl (C=O) groups excluding carboxylic acids is 1. The molecule has 0 unspecified atom stereocenters. The Bertz CT molecular complexity index is 973. The van der Waals surface area contributed by atoms with Crippen LogP contribution in [0.2, 0.25) is 10.0 Å². The summed E-state index contributed by atoms with van der Waals surface area (Å²) in [5, 5.41) is 3.43. The molecule has 6 nitrogen and oxygen atoms in total. The van der Waals surface area contributed by atoms with Gasteiger partial charge < -0.3 is 15.0 Å². The third-order valence-electron chi connectivity index (χ3n) is 4.17. The van der Waals surface area contributed by atoms with E-state index in [-0.39, 0.29) is 15.5 Å². The van der Waals surface area contributed by atoms with Crippen molar-refractivity contribution in [3.05, 3.63) is 52.0 Å². The molecule has 2 aromatic rings.